The van der Waals surface area contributed by atoms with Crippen molar-refractivity contribution in [2.75, 3.05) is 13.1 Å². The van der Waals surface area contributed by atoms with Gasteiger partial charge in [0.2, 0.25) is 0 Å². The Bertz CT molecular complexity index is 917. The second-order valence-corrected chi connectivity index (χ2v) is 9.85. The first-order valence-corrected chi connectivity index (χ1v) is 11.8. The zero-order chi connectivity index (χ0) is 20.7. The van der Waals surface area contributed by atoms with Crippen LogP contribution in [-0.4, -0.2) is 48.7 Å². The number of nitrogens with one attached hydrogen (secondary N) is 2. The molecule has 1 aliphatic rings. The zero-order valence-electron chi connectivity index (χ0n) is 15.9. The van der Waals surface area contributed by atoms with Crippen molar-refractivity contribution in [3.05, 3.63) is 47.6 Å². The fourth-order valence-corrected chi connectivity index (χ4v) is 6.14. The van der Waals surface area contributed by atoms with Gasteiger partial charge in [0.25, 0.3) is 10.0 Å². The lowest BCUT2D eigenvalue weighted by atomic mass is 10.0. The number of aromatic nitrogens is 1. The van der Waals surface area contributed by atoms with Crippen molar-refractivity contribution in [1.29, 1.82) is 0 Å². The lowest BCUT2D eigenvalue weighted by Gasteiger charge is -2.34. The Labute approximate surface area is 174 Å². The topological polar surface area (TPSA) is 108 Å². The molecule has 8 nitrogen and oxygen atoms in total. The van der Waals surface area contributed by atoms with Gasteiger partial charge in [0.05, 0.1) is 0 Å². The van der Waals surface area contributed by atoms with E-state index < -0.39 is 21.8 Å². The molecule has 0 aromatic carbocycles. The molecule has 10 heteroatoms. The number of piperidine rings is 1. The van der Waals surface area contributed by atoms with Crippen molar-refractivity contribution in [3.63, 3.8) is 0 Å². The van der Waals surface area contributed by atoms with E-state index in [0.29, 0.717) is 17.2 Å². The van der Waals surface area contributed by atoms with Crippen LogP contribution in [0.2, 0.25) is 0 Å². The molecular weight excluding hydrogens is 412 g/mol. The highest BCUT2D eigenvalue weighted by Crippen LogP contribution is 2.28. The number of carbonyl (C=O) groups excluding carboxylic acids is 2. The van der Waals surface area contributed by atoms with Crippen molar-refractivity contribution in [2.45, 2.75) is 42.5 Å². The summed E-state index contributed by atoms with van der Waals surface area (Å²) >= 11 is 1.21. The lowest BCUT2D eigenvalue weighted by Crippen LogP contribution is -2.46. The second kappa shape index (κ2) is 9.95. The lowest BCUT2D eigenvalue weighted by molar-refractivity contribution is -0.139. The maximum Gasteiger partial charge on any atom is 0.309 e. The van der Waals surface area contributed by atoms with Crippen molar-refractivity contribution >= 4 is 33.2 Å². The van der Waals surface area contributed by atoms with Crippen LogP contribution in [0.15, 0.2) is 46.2 Å². The third-order valence-electron chi connectivity index (χ3n) is 4.80. The van der Waals surface area contributed by atoms with Crippen LogP contribution in [0.5, 0.6) is 0 Å². The molecule has 3 rings (SSSR count). The van der Waals surface area contributed by atoms with E-state index in [-0.39, 0.29) is 19.1 Å². The van der Waals surface area contributed by atoms with Crippen LogP contribution in [0, 0.1) is 0 Å². The van der Waals surface area contributed by atoms with E-state index in [2.05, 4.69) is 15.6 Å². The van der Waals surface area contributed by atoms with E-state index in [4.69, 9.17) is 0 Å². The number of hydrogen-bond donors (Lipinski definition) is 2. The fraction of sp³-hybridized carbons (Fsp3) is 0.421. The number of hydrogen-bond acceptors (Lipinski definition) is 6. The standard InChI is InChI=1S/C19H24N4O4S2/c24-18(19(25)22-14-15-6-9-20-10-7-15)21-11-8-16-4-1-2-12-23(16)29(26,27)17-5-3-13-28-17/h3,5-7,9-10,13,16H,1-2,4,8,11-12,14H2,(H,21,24)(H,22,25). The molecule has 2 aromatic rings. The quantitative estimate of drug-likeness (QED) is 0.640. The van der Waals surface area contributed by atoms with E-state index in [1.807, 2.05) is 0 Å². The number of rotatable bonds is 7. The molecule has 156 valence electrons. The van der Waals surface area contributed by atoms with Gasteiger partial charge in [-0.2, -0.15) is 4.31 Å². The molecule has 0 spiro atoms. The normalized spacial score (nSPS) is 17.6. The first-order chi connectivity index (χ1) is 14.0. The van der Waals surface area contributed by atoms with Crippen LogP contribution in [-0.2, 0) is 26.2 Å². The largest absolute Gasteiger partial charge is 0.348 e. The number of pyridine rings is 1. The number of carbonyl (C=O) groups is 2. The summed E-state index contributed by atoms with van der Waals surface area (Å²) in [5, 5.41) is 6.89. The maximum absolute atomic E-state index is 12.9. The minimum atomic E-state index is -3.52. The molecule has 1 saturated heterocycles. The van der Waals surface area contributed by atoms with E-state index in [9.17, 15) is 18.0 Å². The van der Waals surface area contributed by atoms with Crippen molar-refractivity contribution in [2.24, 2.45) is 0 Å². The fourth-order valence-electron chi connectivity index (χ4n) is 3.30. The molecule has 2 aromatic heterocycles. The average Bonchev–Trinajstić information content (AvgIpc) is 3.29. The first kappa shape index (κ1) is 21.4. The van der Waals surface area contributed by atoms with Crippen LogP contribution in [0.1, 0.15) is 31.2 Å². The molecule has 29 heavy (non-hydrogen) atoms. The van der Waals surface area contributed by atoms with Crippen molar-refractivity contribution < 1.29 is 18.0 Å². The van der Waals surface area contributed by atoms with Gasteiger partial charge in [0, 0.05) is 38.1 Å². The highest BCUT2D eigenvalue weighted by atomic mass is 32.2. The van der Waals surface area contributed by atoms with Crippen LogP contribution >= 0.6 is 11.3 Å². The molecule has 3 heterocycles. The molecule has 0 aliphatic carbocycles. The zero-order valence-corrected chi connectivity index (χ0v) is 17.5. The Balaban J connectivity index is 1.49. The van der Waals surface area contributed by atoms with Gasteiger partial charge in [-0.3, -0.25) is 14.6 Å². The van der Waals surface area contributed by atoms with Crippen LogP contribution in [0.4, 0.5) is 0 Å². The Kier molecular flexibility index (Phi) is 7.34. The third-order valence-corrected chi connectivity index (χ3v) is 8.13. The molecule has 1 aliphatic heterocycles. The van der Waals surface area contributed by atoms with E-state index in [0.717, 1.165) is 24.8 Å². The van der Waals surface area contributed by atoms with E-state index in [1.165, 1.54) is 15.6 Å². The molecule has 0 bridgehead atoms. The summed E-state index contributed by atoms with van der Waals surface area (Å²) in [6.45, 7) is 0.956. The summed E-state index contributed by atoms with van der Waals surface area (Å²) in [5.74, 6) is -1.43. The van der Waals surface area contributed by atoms with Gasteiger partial charge in [-0.15, -0.1) is 11.3 Å². The molecule has 1 atom stereocenters. The number of nitrogens with zero attached hydrogens (tertiary/aromatic N) is 2. The summed E-state index contributed by atoms with van der Waals surface area (Å²) in [4.78, 5) is 27.8. The highest BCUT2D eigenvalue weighted by molar-refractivity contribution is 7.91. The van der Waals surface area contributed by atoms with Crippen LogP contribution in [0.25, 0.3) is 0 Å². The van der Waals surface area contributed by atoms with Gasteiger partial charge in [0.15, 0.2) is 0 Å². The monoisotopic (exact) mass is 436 g/mol. The summed E-state index contributed by atoms with van der Waals surface area (Å²) in [7, 11) is -3.52. The van der Waals surface area contributed by atoms with Gasteiger partial charge in [-0.25, -0.2) is 8.42 Å². The molecule has 2 N–H and O–H groups in total. The predicted octanol–water partition coefficient (Wildman–Crippen LogP) is 1.51. The summed E-state index contributed by atoms with van der Waals surface area (Å²) < 4.78 is 27.6. The van der Waals surface area contributed by atoms with Gasteiger partial charge in [0.1, 0.15) is 4.21 Å². The molecule has 1 fully saturated rings. The average molecular weight is 437 g/mol. The molecule has 2 amide bonds. The molecular formula is C19H24N4O4S2. The van der Waals surface area contributed by atoms with Gasteiger partial charge in [-0.05, 0) is 48.4 Å². The van der Waals surface area contributed by atoms with Gasteiger partial charge in [-0.1, -0.05) is 12.5 Å². The Morgan fingerprint density at radius 1 is 1.14 bits per heavy atom. The minimum Gasteiger partial charge on any atom is -0.348 e. The SMILES string of the molecule is O=C(NCCC1CCCCN1S(=O)(=O)c1cccs1)C(=O)NCc1ccncc1. The van der Waals surface area contributed by atoms with Gasteiger partial charge >= 0.3 is 11.8 Å². The highest BCUT2D eigenvalue weighted by Gasteiger charge is 2.33. The Morgan fingerprint density at radius 3 is 2.62 bits per heavy atom. The number of thiophene rings is 1. The van der Waals surface area contributed by atoms with Crippen molar-refractivity contribution in [3.8, 4) is 0 Å². The molecule has 1 unspecified atom stereocenters. The van der Waals surface area contributed by atoms with Crippen LogP contribution < -0.4 is 10.6 Å². The molecule has 0 radical (unpaired) electrons. The Hall–Kier alpha value is -2.30. The number of sulfonamides is 1. The molecule has 0 saturated carbocycles. The second-order valence-electron chi connectivity index (χ2n) is 6.78. The summed E-state index contributed by atoms with van der Waals surface area (Å²) in [6.07, 6.45) is 6.21. The first-order valence-electron chi connectivity index (χ1n) is 9.49. The van der Waals surface area contributed by atoms with Gasteiger partial charge < -0.3 is 10.6 Å². The third kappa shape index (κ3) is 5.62. The van der Waals surface area contributed by atoms with Crippen LogP contribution in [0.3, 0.4) is 0 Å². The van der Waals surface area contributed by atoms with Crippen molar-refractivity contribution in [1.82, 2.24) is 19.9 Å². The Morgan fingerprint density at radius 2 is 1.90 bits per heavy atom. The minimum absolute atomic E-state index is 0.184. The maximum atomic E-state index is 12.9. The van der Waals surface area contributed by atoms with E-state index >= 15 is 0 Å². The summed E-state index contributed by atoms with van der Waals surface area (Å²) in [5.41, 5.74) is 0.845. The predicted molar refractivity (Wildman–Crippen MR) is 110 cm³/mol. The van der Waals surface area contributed by atoms with E-state index in [1.54, 1.807) is 42.0 Å². The number of amides is 2. The smallest absolute Gasteiger partial charge is 0.309 e. The summed E-state index contributed by atoms with van der Waals surface area (Å²) in [6, 6.07) is 6.66.